The first-order valence-corrected chi connectivity index (χ1v) is 8.36. The molecule has 3 N–H and O–H groups in total. The topological polar surface area (TPSA) is 74.8 Å². The second kappa shape index (κ2) is 9.46. The van der Waals surface area contributed by atoms with Gasteiger partial charge in [-0.2, -0.15) is 0 Å². The molecule has 0 atom stereocenters. The number of aliphatic imine (C=N–C) groups is 1. The zero-order chi connectivity index (χ0) is 18.2. The van der Waals surface area contributed by atoms with Gasteiger partial charge in [0.1, 0.15) is 11.4 Å². The van der Waals surface area contributed by atoms with Crippen molar-refractivity contribution in [3.63, 3.8) is 0 Å². The first kappa shape index (κ1) is 20.2. The van der Waals surface area contributed by atoms with Gasteiger partial charge in [-0.15, -0.1) is 0 Å². The van der Waals surface area contributed by atoms with Crippen LogP contribution in [0.2, 0.25) is 0 Å². The summed E-state index contributed by atoms with van der Waals surface area (Å²) in [6.07, 6.45) is -0.469. The molecule has 1 aromatic carbocycles. The number of benzene rings is 1. The van der Waals surface area contributed by atoms with E-state index in [0.717, 1.165) is 4.47 Å². The van der Waals surface area contributed by atoms with Gasteiger partial charge in [-0.05, 0) is 39.0 Å². The number of amides is 1. The number of carbonyl (C=O) groups is 1. The van der Waals surface area contributed by atoms with Gasteiger partial charge in [0.15, 0.2) is 5.96 Å². The molecule has 24 heavy (non-hydrogen) atoms. The van der Waals surface area contributed by atoms with Gasteiger partial charge in [0.05, 0.1) is 0 Å². The molecule has 0 radical (unpaired) electrons. The van der Waals surface area contributed by atoms with Crippen LogP contribution >= 0.6 is 15.9 Å². The van der Waals surface area contributed by atoms with Crippen LogP contribution in [0, 0.1) is 5.82 Å². The average molecular weight is 403 g/mol. The first-order chi connectivity index (χ1) is 11.2. The number of hydrogen-bond acceptors (Lipinski definition) is 3. The number of ether oxygens (including phenoxy) is 1. The van der Waals surface area contributed by atoms with Crippen LogP contribution in [-0.4, -0.2) is 37.8 Å². The standard InChI is InChI=1S/C16H24BrFN4O2/c1-16(2,3)24-15(23)21-8-7-20-14(19-4)22-10-11-9-12(17)5-6-13(11)18/h5-6,9H,7-8,10H2,1-4H3,(H,21,23)(H2,19,20,22). The average Bonchev–Trinajstić information content (AvgIpc) is 2.48. The molecule has 134 valence electrons. The Hall–Kier alpha value is -1.83. The molecule has 0 spiro atoms. The van der Waals surface area contributed by atoms with Gasteiger partial charge in [0.25, 0.3) is 0 Å². The van der Waals surface area contributed by atoms with Gasteiger partial charge >= 0.3 is 6.09 Å². The van der Waals surface area contributed by atoms with Crippen LogP contribution in [0.3, 0.4) is 0 Å². The minimum absolute atomic E-state index is 0.284. The number of guanidine groups is 1. The number of hydrogen-bond donors (Lipinski definition) is 3. The highest BCUT2D eigenvalue weighted by molar-refractivity contribution is 9.10. The van der Waals surface area contributed by atoms with Crippen LogP contribution in [0.25, 0.3) is 0 Å². The van der Waals surface area contributed by atoms with Crippen molar-refractivity contribution < 1.29 is 13.9 Å². The fourth-order valence-electron chi connectivity index (χ4n) is 1.74. The molecule has 0 heterocycles. The Kier molecular flexibility index (Phi) is 7.97. The van der Waals surface area contributed by atoms with E-state index < -0.39 is 11.7 Å². The highest BCUT2D eigenvalue weighted by Gasteiger charge is 2.15. The minimum Gasteiger partial charge on any atom is -0.444 e. The van der Waals surface area contributed by atoms with Gasteiger partial charge in [0.2, 0.25) is 0 Å². The molecule has 0 unspecified atom stereocenters. The van der Waals surface area contributed by atoms with E-state index in [4.69, 9.17) is 4.74 Å². The molecule has 0 saturated heterocycles. The molecule has 0 aliphatic carbocycles. The van der Waals surface area contributed by atoms with Crippen molar-refractivity contribution in [2.24, 2.45) is 4.99 Å². The number of halogens is 2. The maximum absolute atomic E-state index is 13.7. The molecule has 1 rings (SSSR count). The molecular formula is C16H24BrFN4O2. The van der Waals surface area contributed by atoms with Crippen molar-refractivity contribution in [3.05, 3.63) is 34.1 Å². The Morgan fingerprint density at radius 1 is 1.25 bits per heavy atom. The Morgan fingerprint density at radius 2 is 1.92 bits per heavy atom. The number of nitrogens with one attached hydrogen (secondary N) is 3. The van der Waals surface area contributed by atoms with Crippen molar-refractivity contribution in [2.45, 2.75) is 32.9 Å². The van der Waals surface area contributed by atoms with Gasteiger partial charge < -0.3 is 20.7 Å². The molecule has 6 nitrogen and oxygen atoms in total. The highest BCUT2D eigenvalue weighted by Crippen LogP contribution is 2.15. The van der Waals surface area contributed by atoms with Crippen molar-refractivity contribution in [1.82, 2.24) is 16.0 Å². The molecule has 8 heteroatoms. The van der Waals surface area contributed by atoms with Gasteiger partial charge in [-0.3, -0.25) is 4.99 Å². The van der Waals surface area contributed by atoms with Crippen molar-refractivity contribution in [2.75, 3.05) is 20.1 Å². The van der Waals surface area contributed by atoms with Crippen LogP contribution in [0.15, 0.2) is 27.7 Å². The van der Waals surface area contributed by atoms with Crippen LogP contribution in [-0.2, 0) is 11.3 Å². The predicted octanol–water partition coefficient (Wildman–Crippen LogP) is 2.78. The summed E-state index contributed by atoms with van der Waals surface area (Å²) in [5.41, 5.74) is 0.00237. The third-order valence-electron chi connectivity index (χ3n) is 2.76. The Labute approximate surface area is 150 Å². The molecule has 0 aromatic heterocycles. The normalized spacial score (nSPS) is 11.8. The van der Waals surface area contributed by atoms with E-state index in [0.29, 0.717) is 31.2 Å². The zero-order valence-corrected chi connectivity index (χ0v) is 16.0. The Bertz CT molecular complexity index is 588. The largest absolute Gasteiger partial charge is 0.444 e. The van der Waals surface area contributed by atoms with E-state index in [1.165, 1.54) is 6.07 Å². The van der Waals surface area contributed by atoms with E-state index in [9.17, 15) is 9.18 Å². The minimum atomic E-state index is -0.525. The lowest BCUT2D eigenvalue weighted by molar-refractivity contribution is 0.0529. The maximum Gasteiger partial charge on any atom is 0.407 e. The smallest absolute Gasteiger partial charge is 0.407 e. The summed E-state index contributed by atoms with van der Waals surface area (Å²) in [4.78, 5) is 15.5. The van der Waals surface area contributed by atoms with E-state index in [-0.39, 0.29) is 5.82 Å². The van der Waals surface area contributed by atoms with Gasteiger partial charge in [-0.1, -0.05) is 15.9 Å². The first-order valence-electron chi connectivity index (χ1n) is 7.56. The summed E-state index contributed by atoms with van der Waals surface area (Å²) < 4.78 is 19.6. The molecule has 0 saturated carbocycles. The Morgan fingerprint density at radius 3 is 2.54 bits per heavy atom. The fourth-order valence-corrected chi connectivity index (χ4v) is 2.15. The van der Waals surface area contributed by atoms with Crippen molar-refractivity contribution >= 4 is 28.0 Å². The highest BCUT2D eigenvalue weighted by atomic mass is 79.9. The Balaban J connectivity index is 2.33. The predicted molar refractivity (Wildman–Crippen MR) is 96.5 cm³/mol. The molecule has 0 aliphatic rings. The van der Waals surface area contributed by atoms with E-state index in [2.05, 4.69) is 36.9 Å². The number of nitrogens with zero attached hydrogens (tertiary/aromatic N) is 1. The summed E-state index contributed by atoms with van der Waals surface area (Å²) in [6.45, 7) is 6.54. The lowest BCUT2D eigenvalue weighted by Crippen LogP contribution is -2.42. The summed E-state index contributed by atoms with van der Waals surface area (Å²) in [7, 11) is 1.62. The van der Waals surface area contributed by atoms with Gasteiger partial charge in [0, 0.05) is 36.7 Å². The number of alkyl carbamates (subject to hydrolysis) is 1. The van der Waals surface area contributed by atoms with Gasteiger partial charge in [-0.25, -0.2) is 9.18 Å². The van der Waals surface area contributed by atoms with Crippen LogP contribution in [0.4, 0.5) is 9.18 Å². The summed E-state index contributed by atoms with van der Waals surface area (Å²) >= 11 is 3.31. The van der Waals surface area contributed by atoms with Crippen LogP contribution in [0.5, 0.6) is 0 Å². The molecule has 0 fully saturated rings. The van der Waals surface area contributed by atoms with E-state index in [1.807, 2.05) is 0 Å². The fraction of sp³-hybridized carbons (Fsp3) is 0.500. The summed E-state index contributed by atoms with van der Waals surface area (Å²) in [5, 5.41) is 8.68. The quantitative estimate of drug-likeness (QED) is 0.402. The van der Waals surface area contributed by atoms with Crippen molar-refractivity contribution in [1.29, 1.82) is 0 Å². The second-order valence-electron chi connectivity index (χ2n) is 6.02. The number of carbonyl (C=O) groups excluding carboxylic acids is 1. The monoisotopic (exact) mass is 402 g/mol. The molecular weight excluding hydrogens is 379 g/mol. The van der Waals surface area contributed by atoms with Crippen molar-refractivity contribution in [3.8, 4) is 0 Å². The lowest BCUT2D eigenvalue weighted by atomic mass is 10.2. The third kappa shape index (κ3) is 8.14. The summed E-state index contributed by atoms with van der Waals surface area (Å²) in [6, 6.07) is 4.76. The molecule has 1 amide bonds. The van der Waals surface area contributed by atoms with E-state index >= 15 is 0 Å². The molecule has 1 aromatic rings. The zero-order valence-electron chi connectivity index (χ0n) is 14.4. The number of rotatable bonds is 5. The summed E-state index contributed by atoms with van der Waals surface area (Å²) in [5.74, 6) is 0.230. The van der Waals surface area contributed by atoms with E-state index in [1.54, 1.807) is 40.0 Å². The van der Waals surface area contributed by atoms with Crippen LogP contribution in [0.1, 0.15) is 26.3 Å². The SMILES string of the molecule is CN=C(NCCNC(=O)OC(C)(C)C)NCc1cc(Br)ccc1F. The third-order valence-corrected chi connectivity index (χ3v) is 3.26. The maximum atomic E-state index is 13.7. The second-order valence-corrected chi connectivity index (χ2v) is 6.93. The molecule has 0 aliphatic heterocycles. The molecule has 0 bridgehead atoms. The van der Waals surface area contributed by atoms with Crippen LogP contribution < -0.4 is 16.0 Å². The lowest BCUT2D eigenvalue weighted by Gasteiger charge is -2.20.